The van der Waals surface area contributed by atoms with Gasteiger partial charge in [0.25, 0.3) is 0 Å². The fourth-order valence-electron chi connectivity index (χ4n) is 1.26. The van der Waals surface area contributed by atoms with Crippen LogP contribution in [0.5, 0.6) is 5.75 Å². The van der Waals surface area contributed by atoms with Crippen molar-refractivity contribution in [2.45, 2.75) is 32.3 Å². The Hall–Kier alpha value is -1.06. The summed E-state index contributed by atoms with van der Waals surface area (Å²) in [6, 6.07) is 7.83. The van der Waals surface area contributed by atoms with Gasteiger partial charge in [-0.25, -0.2) is 0 Å². The summed E-state index contributed by atoms with van der Waals surface area (Å²) in [5, 5.41) is 9.78. The third-order valence-electron chi connectivity index (χ3n) is 2.67. The number of rotatable bonds is 6. The number of hydrogen-bond acceptors (Lipinski definition) is 3. The molecule has 90 valence electrons. The summed E-state index contributed by atoms with van der Waals surface area (Å²) in [7, 11) is 0. The molecule has 0 aliphatic rings. The summed E-state index contributed by atoms with van der Waals surface area (Å²) < 4.78 is 5.51. The molecule has 0 saturated carbocycles. The number of nitrogens with two attached hydrogens (primary N) is 1. The average molecular weight is 223 g/mol. The molecule has 0 spiro atoms. The van der Waals surface area contributed by atoms with E-state index in [-0.39, 0.29) is 0 Å². The Morgan fingerprint density at radius 2 is 1.94 bits per heavy atom. The zero-order chi connectivity index (χ0) is 12.0. The quantitative estimate of drug-likeness (QED) is 0.772. The van der Waals surface area contributed by atoms with E-state index < -0.39 is 5.60 Å². The maximum absolute atomic E-state index is 9.78. The summed E-state index contributed by atoms with van der Waals surface area (Å²) >= 11 is 0. The van der Waals surface area contributed by atoms with Gasteiger partial charge in [-0.1, -0.05) is 19.1 Å². The van der Waals surface area contributed by atoms with Crippen LogP contribution in [0.4, 0.5) is 0 Å². The molecular weight excluding hydrogens is 202 g/mol. The zero-order valence-corrected chi connectivity index (χ0v) is 10.1. The first-order valence-electron chi connectivity index (χ1n) is 5.71. The average Bonchev–Trinajstić information content (AvgIpc) is 2.29. The predicted molar refractivity (Wildman–Crippen MR) is 65.6 cm³/mol. The van der Waals surface area contributed by atoms with Crippen molar-refractivity contribution >= 4 is 0 Å². The van der Waals surface area contributed by atoms with Crippen LogP contribution in [-0.2, 0) is 6.42 Å². The van der Waals surface area contributed by atoms with Crippen LogP contribution >= 0.6 is 0 Å². The molecule has 0 aromatic heterocycles. The molecule has 0 aliphatic heterocycles. The van der Waals surface area contributed by atoms with Crippen molar-refractivity contribution in [2.24, 2.45) is 5.73 Å². The molecule has 1 aromatic rings. The van der Waals surface area contributed by atoms with Crippen LogP contribution in [0, 0.1) is 0 Å². The second-order valence-electron chi connectivity index (χ2n) is 4.32. The van der Waals surface area contributed by atoms with Gasteiger partial charge in [0, 0.05) is 0 Å². The number of aliphatic hydroxyl groups is 1. The molecule has 3 heteroatoms. The van der Waals surface area contributed by atoms with Crippen LogP contribution in [0.3, 0.4) is 0 Å². The van der Waals surface area contributed by atoms with Crippen LogP contribution in [0.25, 0.3) is 0 Å². The molecule has 0 amide bonds. The van der Waals surface area contributed by atoms with Gasteiger partial charge < -0.3 is 15.6 Å². The van der Waals surface area contributed by atoms with Crippen LogP contribution in [0.1, 0.15) is 25.8 Å². The highest BCUT2D eigenvalue weighted by Gasteiger charge is 2.18. The van der Waals surface area contributed by atoms with Crippen LogP contribution in [0.15, 0.2) is 24.3 Å². The summed E-state index contributed by atoms with van der Waals surface area (Å²) in [6.07, 6.45) is 1.56. The van der Waals surface area contributed by atoms with Gasteiger partial charge in [-0.05, 0) is 44.0 Å². The van der Waals surface area contributed by atoms with E-state index in [4.69, 9.17) is 10.5 Å². The Labute approximate surface area is 97.2 Å². The van der Waals surface area contributed by atoms with E-state index in [1.807, 2.05) is 31.2 Å². The lowest BCUT2D eigenvalue weighted by atomic mass is 10.1. The third kappa shape index (κ3) is 4.21. The van der Waals surface area contributed by atoms with Gasteiger partial charge >= 0.3 is 0 Å². The van der Waals surface area contributed by atoms with E-state index in [9.17, 15) is 5.11 Å². The molecule has 16 heavy (non-hydrogen) atoms. The smallest absolute Gasteiger partial charge is 0.119 e. The van der Waals surface area contributed by atoms with Gasteiger partial charge in [0.15, 0.2) is 0 Å². The highest BCUT2D eigenvalue weighted by atomic mass is 16.5. The van der Waals surface area contributed by atoms with E-state index in [1.54, 1.807) is 6.92 Å². The molecular formula is C13H21NO2. The number of hydrogen-bond donors (Lipinski definition) is 2. The first kappa shape index (κ1) is 13.0. The minimum absolute atomic E-state index is 0.319. The maximum Gasteiger partial charge on any atom is 0.119 e. The van der Waals surface area contributed by atoms with Gasteiger partial charge in [0.2, 0.25) is 0 Å². The summed E-state index contributed by atoms with van der Waals surface area (Å²) in [5.74, 6) is 0.787. The molecule has 1 rings (SSSR count). The van der Waals surface area contributed by atoms with Gasteiger partial charge in [0.05, 0.1) is 5.60 Å². The minimum atomic E-state index is -0.754. The molecule has 0 saturated heterocycles. The fourth-order valence-corrected chi connectivity index (χ4v) is 1.26. The highest BCUT2D eigenvalue weighted by molar-refractivity contribution is 5.27. The lowest BCUT2D eigenvalue weighted by molar-refractivity contribution is 0.00847. The lowest BCUT2D eigenvalue weighted by Crippen LogP contribution is -2.31. The minimum Gasteiger partial charge on any atom is -0.491 e. The van der Waals surface area contributed by atoms with Gasteiger partial charge in [-0.15, -0.1) is 0 Å². The lowest BCUT2D eigenvalue weighted by Gasteiger charge is -2.21. The molecule has 0 fully saturated rings. The van der Waals surface area contributed by atoms with Gasteiger partial charge in [-0.2, -0.15) is 0 Å². The third-order valence-corrected chi connectivity index (χ3v) is 2.67. The molecule has 0 aliphatic carbocycles. The van der Waals surface area contributed by atoms with Crippen molar-refractivity contribution in [1.29, 1.82) is 0 Å². The predicted octanol–water partition coefficient (Wildman–Crippen LogP) is 1.73. The second kappa shape index (κ2) is 5.87. The van der Waals surface area contributed by atoms with Crippen LogP contribution in [-0.4, -0.2) is 23.9 Å². The van der Waals surface area contributed by atoms with E-state index in [1.165, 1.54) is 5.56 Å². The molecule has 3 N–H and O–H groups in total. The largest absolute Gasteiger partial charge is 0.491 e. The van der Waals surface area contributed by atoms with Crippen molar-refractivity contribution in [1.82, 2.24) is 0 Å². The second-order valence-corrected chi connectivity index (χ2v) is 4.32. The Kier molecular flexibility index (Phi) is 4.77. The van der Waals surface area contributed by atoms with Crippen molar-refractivity contribution in [3.63, 3.8) is 0 Å². The summed E-state index contributed by atoms with van der Waals surface area (Å²) in [4.78, 5) is 0. The first-order valence-corrected chi connectivity index (χ1v) is 5.71. The van der Waals surface area contributed by atoms with E-state index in [2.05, 4.69) is 0 Å². The monoisotopic (exact) mass is 223 g/mol. The SMILES string of the molecule is CCC(C)(O)COc1ccc(CCN)cc1. The maximum atomic E-state index is 9.78. The molecule has 1 unspecified atom stereocenters. The zero-order valence-electron chi connectivity index (χ0n) is 10.1. The Bertz CT molecular complexity index is 306. The standard InChI is InChI=1S/C13H21NO2/c1-3-13(2,15)10-16-12-6-4-11(5-7-12)8-9-14/h4-7,15H,3,8-10,14H2,1-2H3. The first-order chi connectivity index (χ1) is 7.57. The summed E-state index contributed by atoms with van der Waals surface area (Å²) in [6.45, 7) is 4.69. The highest BCUT2D eigenvalue weighted by Crippen LogP contribution is 2.16. The molecule has 0 radical (unpaired) electrons. The van der Waals surface area contributed by atoms with E-state index in [0.717, 1.165) is 12.2 Å². The molecule has 1 atom stereocenters. The Morgan fingerprint density at radius 1 is 1.31 bits per heavy atom. The Morgan fingerprint density at radius 3 is 2.44 bits per heavy atom. The molecule has 0 heterocycles. The van der Waals surface area contributed by atoms with E-state index >= 15 is 0 Å². The molecule has 3 nitrogen and oxygen atoms in total. The number of benzene rings is 1. The van der Waals surface area contributed by atoms with Gasteiger partial charge in [0.1, 0.15) is 12.4 Å². The number of ether oxygens (including phenoxy) is 1. The van der Waals surface area contributed by atoms with Crippen LogP contribution < -0.4 is 10.5 Å². The summed E-state index contributed by atoms with van der Waals surface area (Å²) in [5.41, 5.74) is 5.92. The van der Waals surface area contributed by atoms with Crippen LogP contribution in [0.2, 0.25) is 0 Å². The Balaban J connectivity index is 2.49. The molecule has 0 bridgehead atoms. The topological polar surface area (TPSA) is 55.5 Å². The van der Waals surface area contributed by atoms with E-state index in [0.29, 0.717) is 19.6 Å². The van der Waals surface area contributed by atoms with Crippen molar-refractivity contribution in [2.75, 3.05) is 13.2 Å². The normalized spacial score (nSPS) is 14.5. The van der Waals surface area contributed by atoms with Crippen molar-refractivity contribution in [3.05, 3.63) is 29.8 Å². The fraction of sp³-hybridized carbons (Fsp3) is 0.538. The van der Waals surface area contributed by atoms with Crippen molar-refractivity contribution in [3.8, 4) is 5.75 Å². The van der Waals surface area contributed by atoms with Crippen molar-refractivity contribution < 1.29 is 9.84 Å². The molecule has 1 aromatic carbocycles. The van der Waals surface area contributed by atoms with Gasteiger partial charge in [-0.3, -0.25) is 0 Å².